The third-order valence-corrected chi connectivity index (χ3v) is 4.88. The summed E-state index contributed by atoms with van der Waals surface area (Å²) in [6, 6.07) is 8.85. The summed E-state index contributed by atoms with van der Waals surface area (Å²) >= 11 is 0. The predicted molar refractivity (Wildman–Crippen MR) is 89.7 cm³/mol. The first-order valence-corrected chi connectivity index (χ1v) is 8.27. The molecule has 2 atom stereocenters. The number of fused-ring (bicyclic) bond motifs is 3. The Bertz CT molecular complexity index is 873. The van der Waals surface area contributed by atoms with Crippen LogP contribution in [-0.2, 0) is 20.8 Å². The number of amides is 2. The zero-order chi connectivity index (χ0) is 17.6. The van der Waals surface area contributed by atoms with E-state index in [1.807, 2.05) is 31.2 Å². The van der Waals surface area contributed by atoms with Gasteiger partial charge in [-0.2, -0.15) is 5.10 Å². The number of benzene rings is 1. The monoisotopic (exact) mass is 338 g/mol. The van der Waals surface area contributed by atoms with Crippen molar-refractivity contribution in [1.29, 1.82) is 0 Å². The molecule has 2 aromatic rings. The number of carbonyl (C=O) groups is 3. The molecule has 0 unspecified atom stereocenters. The van der Waals surface area contributed by atoms with Crippen LogP contribution in [0.25, 0.3) is 0 Å². The van der Waals surface area contributed by atoms with Crippen molar-refractivity contribution in [2.24, 2.45) is 5.92 Å². The van der Waals surface area contributed by atoms with E-state index in [-0.39, 0.29) is 18.1 Å². The average molecular weight is 338 g/mol. The lowest BCUT2D eigenvalue weighted by Gasteiger charge is -2.43. The number of hydrogen-bond donors (Lipinski definition) is 2. The smallest absolute Gasteiger partial charge is 0.238 e. The van der Waals surface area contributed by atoms with Crippen molar-refractivity contribution < 1.29 is 14.4 Å². The highest BCUT2D eigenvalue weighted by Gasteiger charge is 2.47. The lowest BCUT2D eigenvalue weighted by Crippen LogP contribution is -2.53. The number of piperidine rings is 1. The molecule has 4 rings (SSSR count). The molecule has 1 saturated heterocycles. The molecule has 7 heteroatoms. The number of carbonyl (C=O) groups excluding carboxylic acids is 3. The van der Waals surface area contributed by atoms with E-state index in [0.717, 1.165) is 23.2 Å². The van der Waals surface area contributed by atoms with Gasteiger partial charge in [0.1, 0.15) is 5.92 Å². The molecule has 1 aromatic carbocycles. The summed E-state index contributed by atoms with van der Waals surface area (Å²) in [5.41, 5.74) is 2.78. The van der Waals surface area contributed by atoms with Gasteiger partial charge in [-0.25, -0.2) is 0 Å². The zero-order valence-corrected chi connectivity index (χ0v) is 13.8. The van der Waals surface area contributed by atoms with Crippen LogP contribution in [0.2, 0.25) is 0 Å². The molecule has 3 heterocycles. The molecule has 2 amide bonds. The van der Waals surface area contributed by atoms with Gasteiger partial charge in [-0.05, 0) is 24.5 Å². The average Bonchev–Trinajstić information content (AvgIpc) is 2.99. The van der Waals surface area contributed by atoms with Crippen LogP contribution in [0, 0.1) is 12.8 Å². The molecule has 0 saturated carbocycles. The van der Waals surface area contributed by atoms with Crippen molar-refractivity contribution in [1.82, 2.24) is 15.1 Å². The van der Waals surface area contributed by atoms with Gasteiger partial charge >= 0.3 is 0 Å². The maximum absolute atomic E-state index is 12.8. The fraction of sp³-hybridized carbons (Fsp3) is 0.333. The Kier molecular flexibility index (Phi) is 3.63. The highest BCUT2D eigenvalue weighted by molar-refractivity contribution is 6.14. The minimum absolute atomic E-state index is 0.204. The van der Waals surface area contributed by atoms with Crippen molar-refractivity contribution >= 4 is 23.4 Å². The second-order valence-corrected chi connectivity index (χ2v) is 6.53. The van der Waals surface area contributed by atoms with Gasteiger partial charge in [0.05, 0.1) is 12.5 Å². The summed E-state index contributed by atoms with van der Waals surface area (Å²) in [7, 11) is 0. The van der Waals surface area contributed by atoms with E-state index in [0.29, 0.717) is 12.4 Å². The van der Waals surface area contributed by atoms with Crippen LogP contribution in [0.4, 0.5) is 5.82 Å². The lowest BCUT2D eigenvalue weighted by molar-refractivity contribution is -0.150. The molecule has 0 aliphatic carbocycles. The summed E-state index contributed by atoms with van der Waals surface area (Å²) in [6.45, 7) is 2.35. The summed E-state index contributed by atoms with van der Waals surface area (Å²) in [6.07, 6.45) is 0.510. The highest BCUT2D eigenvalue weighted by Crippen LogP contribution is 2.40. The molecule has 2 N–H and O–H groups in total. The first-order chi connectivity index (χ1) is 12.0. The Balaban J connectivity index is 1.71. The Morgan fingerprint density at radius 1 is 1.32 bits per heavy atom. The number of rotatable bonds is 2. The number of hydrogen-bond acceptors (Lipinski definition) is 4. The molecule has 2 aliphatic rings. The van der Waals surface area contributed by atoms with Crippen LogP contribution >= 0.6 is 0 Å². The van der Waals surface area contributed by atoms with Gasteiger partial charge in [0.15, 0.2) is 11.6 Å². The second-order valence-electron chi connectivity index (χ2n) is 6.53. The maximum atomic E-state index is 12.8. The van der Waals surface area contributed by atoms with Crippen LogP contribution < -0.4 is 5.32 Å². The second kappa shape index (κ2) is 5.84. The minimum atomic E-state index is -0.920. The van der Waals surface area contributed by atoms with Gasteiger partial charge in [0.25, 0.3) is 0 Å². The Morgan fingerprint density at radius 3 is 2.88 bits per heavy atom. The van der Waals surface area contributed by atoms with Crippen LogP contribution in [-0.4, -0.2) is 39.2 Å². The molecule has 7 nitrogen and oxygen atoms in total. The molecule has 128 valence electrons. The number of aromatic amines is 1. The highest BCUT2D eigenvalue weighted by atomic mass is 16.2. The largest absolute Gasteiger partial charge is 0.334 e. The van der Waals surface area contributed by atoms with E-state index in [9.17, 15) is 14.4 Å². The number of aryl methyl sites for hydroxylation is 1. The van der Waals surface area contributed by atoms with Gasteiger partial charge < -0.3 is 10.2 Å². The molecule has 1 aromatic heterocycles. The fourth-order valence-corrected chi connectivity index (χ4v) is 3.75. The SMILES string of the molecule is Cc1cc(NC(=O)[C@H]2C(=O)CC(=O)N3CCc4ccccc4[C@@H]23)n[nH]1. The first kappa shape index (κ1) is 15.6. The number of anilines is 1. The molecule has 0 radical (unpaired) electrons. The van der Waals surface area contributed by atoms with Crippen molar-refractivity contribution in [2.75, 3.05) is 11.9 Å². The van der Waals surface area contributed by atoms with E-state index in [2.05, 4.69) is 15.5 Å². The summed E-state index contributed by atoms with van der Waals surface area (Å²) in [5.74, 6) is -1.51. The quantitative estimate of drug-likeness (QED) is 0.809. The minimum Gasteiger partial charge on any atom is -0.334 e. The summed E-state index contributed by atoms with van der Waals surface area (Å²) in [4.78, 5) is 39.4. The predicted octanol–water partition coefficient (Wildman–Crippen LogP) is 1.37. The number of H-pyrrole nitrogens is 1. The molecule has 0 spiro atoms. The molecule has 0 bridgehead atoms. The van der Waals surface area contributed by atoms with Crippen molar-refractivity contribution in [3.8, 4) is 0 Å². The third-order valence-electron chi connectivity index (χ3n) is 4.88. The number of ketones is 1. The van der Waals surface area contributed by atoms with E-state index in [4.69, 9.17) is 0 Å². The molecule has 2 aliphatic heterocycles. The molecule has 25 heavy (non-hydrogen) atoms. The third kappa shape index (κ3) is 2.61. The van der Waals surface area contributed by atoms with E-state index < -0.39 is 17.9 Å². The van der Waals surface area contributed by atoms with Crippen molar-refractivity contribution in [3.05, 3.63) is 47.2 Å². The van der Waals surface area contributed by atoms with Gasteiger partial charge in [-0.1, -0.05) is 24.3 Å². The molecular formula is C18H18N4O3. The van der Waals surface area contributed by atoms with Crippen LogP contribution in [0.1, 0.15) is 29.3 Å². The summed E-state index contributed by atoms with van der Waals surface area (Å²) < 4.78 is 0. The van der Waals surface area contributed by atoms with Gasteiger partial charge in [0, 0.05) is 18.3 Å². The van der Waals surface area contributed by atoms with Crippen LogP contribution in [0.15, 0.2) is 30.3 Å². The lowest BCUT2D eigenvalue weighted by atomic mass is 9.78. The molecular weight excluding hydrogens is 320 g/mol. The van der Waals surface area contributed by atoms with Gasteiger partial charge in [0.2, 0.25) is 11.8 Å². The van der Waals surface area contributed by atoms with E-state index in [1.165, 1.54) is 0 Å². The molecule has 1 fully saturated rings. The summed E-state index contributed by atoms with van der Waals surface area (Å²) in [5, 5.41) is 9.44. The Morgan fingerprint density at radius 2 is 2.12 bits per heavy atom. The Labute approximate surface area is 144 Å². The van der Waals surface area contributed by atoms with Crippen LogP contribution in [0.3, 0.4) is 0 Å². The van der Waals surface area contributed by atoms with Crippen molar-refractivity contribution in [2.45, 2.75) is 25.8 Å². The van der Waals surface area contributed by atoms with Gasteiger partial charge in [-0.3, -0.25) is 19.5 Å². The van der Waals surface area contributed by atoms with Crippen LogP contribution in [0.5, 0.6) is 0 Å². The van der Waals surface area contributed by atoms with E-state index >= 15 is 0 Å². The fourth-order valence-electron chi connectivity index (χ4n) is 3.75. The first-order valence-electron chi connectivity index (χ1n) is 8.27. The zero-order valence-electron chi connectivity index (χ0n) is 13.8. The van der Waals surface area contributed by atoms with Crippen molar-refractivity contribution in [3.63, 3.8) is 0 Å². The van der Waals surface area contributed by atoms with Gasteiger partial charge in [-0.15, -0.1) is 0 Å². The number of nitrogens with one attached hydrogen (secondary N) is 2. The normalized spacial score (nSPS) is 22.4. The Hall–Kier alpha value is -2.96. The standard InChI is InChI=1S/C18H18N4O3/c1-10-8-14(21-20-10)19-18(25)16-13(23)9-15(24)22-7-6-11-4-2-3-5-12(11)17(16)22/h2-5,8,16-17H,6-7,9H2,1H3,(H2,19,20,21,25)/t16-,17-/m0/s1. The number of aromatic nitrogens is 2. The van der Waals surface area contributed by atoms with E-state index in [1.54, 1.807) is 11.0 Å². The number of nitrogens with zero attached hydrogens (tertiary/aromatic N) is 2. The maximum Gasteiger partial charge on any atom is 0.238 e. The topological polar surface area (TPSA) is 95.2 Å². The number of Topliss-reactive ketones (excluding diaryl/α,β-unsaturated/α-hetero) is 1.